The summed E-state index contributed by atoms with van der Waals surface area (Å²) in [5.74, 6) is -0.0360. The van der Waals surface area contributed by atoms with E-state index in [-0.39, 0.29) is 18.2 Å². The molecular weight excluding hydrogens is 479 g/mol. The van der Waals surface area contributed by atoms with Crippen LogP contribution in [0.3, 0.4) is 0 Å². The Morgan fingerprint density at radius 2 is 1.60 bits per heavy atom. The molecule has 0 spiro atoms. The molecule has 3 aromatic carbocycles. The second-order valence-electron chi connectivity index (χ2n) is 9.26. The molecule has 4 nitrogen and oxygen atoms in total. The van der Waals surface area contributed by atoms with Gasteiger partial charge < -0.3 is 10.2 Å². The van der Waals surface area contributed by atoms with Crippen molar-refractivity contribution in [3.8, 4) is 0 Å². The standard InChI is InChI=1S/C29H32Cl2N2O2/c1-20(2)18-32-29(35)27(15-22-7-5-4-6-8-22)33(19-23-11-9-21(3)10-12-23)28(34)16-24-13-14-25(30)17-26(24)31/h4-14,17,20,27H,15-16,18-19H2,1-3H3,(H,32,35)/t27-/m1/s1. The van der Waals surface area contributed by atoms with Crippen molar-refractivity contribution >= 4 is 35.0 Å². The fourth-order valence-corrected chi connectivity index (χ4v) is 4.27. The third-order valence-electron chi connectivity index (χ3n) is 5.79. The normalized spacial score (nSPS) is 11.8. The fraction of sp³-hybridized carbons (Fsp3) is 0.310. The van der Waals surface area contributed by atoms with Gasteiger partial charge in [-0.05, 0) is 41.7 Å². The van der Waals surface area contributed by atoms with E-state index < -0.39 is 6.04 Å². The lowest BCUT2D eigenvalue weighted by atomic mass is 10.0. The van der Waals surface area contributed by atoms with E-state index in [2.05, 4.69) is 5.32 Å². The quantitative estimate of drug-likeness (QED) is 0.350. The highest BCUT2D eigenvalue weighted by Gasteiger charge is 2.30. The maximum atomic E-state index is 13.7. The maximum Gasteiger partial charge on any atom is 0.243 e. The van der Waals surface area contributed by atoms with E-state index in [1.54, 1.807) is 23.1 Å². The van der Waals surface area contributed by atoms with Crippen molar-refractivity contribution in [2.24, 2.45) is 5.92 Å². The number of halogens is 2. The summed E-state index contributed by atoms with van der Waals surface area (Å²) in [6.07, 6.45) is 0.487. The number of carbonyl (C=O) groups excluding carboxylic acids is 2. The summed E-state index contributed by atoms with van der Waals surface area (Å²) in [5, 5.41) is 3.99. The van der Waals surface area contributed by atoms with E-state index >= 15 is 0 Å². The van der Waals surface area contributed by atoms with Crippen LogP contribution in [0.4, 0.5) is 0 Å². The molecule has 0 aliphatic heterocycles. The molecule has 0 heterocycles. The van der Waals surface area contributed by atoms with E-state index in [4.69, 9.17) is 23.2 Å². The van der Waals surface area contributed by atoms with Gasteiger partial charge >= 0.3 is 0 Å². The summed E-state index contributed by atoms with van der Waals surface area (Å²) in [5.41, 5.74) is 3.76. The zero-order chi connectivity index (χ0) is 25.4. The number of hydrogen-bond acceptors (Lipinski definition) is 2. The van der Waals surface area contributed by atoms with Gasteiger partial charge in [0.1, 0.15) is 6.04 Å². The van der Waals surface area contributed by atoms with Gasteiger partial charge in [-0.1, -0.05) is 103 Å². The third-order valence-corrected chi connectivity index (χ3v) is 6.37. The molecule has 0 radical (unpaired) electrons. The van der Waals surface area contributed by atoms with Crippen molar-refractivity contribution in [3.63, 3.8) is 0 Å². The van der Waals surface area contributed by atoms with Gasteiger partial charge in [-0.2, -0.15) is 0 Å². The Balaban J connectivity index is 1.96. The maximum absolute atomic E-state index is 13.7. The summed E-state index contributed by atoms with van der Waals surface area (Å²) in [4.78, 5) is 28.9. The predicted octanol–water partition coefficient (Wildman–Crippen LogP) is 6.26. The fourth-order valence-electron chi connectivity index (χ4n) is 3.80. The molecule has 2 amide bonds. The van der Waals surface area contributed by atoms with Gasteiger partial charge in [0.25, 0.3) is 0 Å². The average Bonchev–Trinajstić information content (AvgIpc) is 2.83. The number of nitrogens with one attached hydrogen (secondary N) is 1. The zero-order valence-corrected chi connectivity index (χ0v) is 21.9. The van der Waals surface area contributed by atoms with Crippen LogP contribution < -0.4 is 5.32 Å². The Kier molecular flexibility index (Phi) is 9.76. The van der Waals surface area contributed by atoms with Gasteiger partial charge in [0, 0.05) is 29.6 Å². The monoisotopic (exact) mass is 510 g/mol. The van der Waals surface area contributed by atoms with Gasteiger partial charge in [-0.3, -0.25) is 9.59 Å². The molecule has 0 saturated heterocycles. The minimum Gasteiger partial charge on any atom is -0.354 e. The number of rotatable bonds is 10. The van der Waals surface area contributed by atoms with E-state index in [1.165, 1.54) is 0 Å². The first-order valence-corrected chi connectivity index (χ1v) is 12.6. The number of nitrogens with zero attached hydrogens (tertiary/aromatic N) is 1. The number of aryl methyl sites for hydroxylation is 1. The van der Waals surface area contributed by atoms with Crippen LogP contribution in [0.25, 0.3) is 0 Å². The second kappa shape index (κ2) is 12.8. The van der Waals surface area contributed by atoms with Crippen molar-refractivity contribution in [1.82, 2.24) is 10.2 Å². The van der Waals surface area contributed by atoms with Gasteiger partial charge in [-0.25, -0.2) is 0 Å². The number of carbonyl (C=O) groups is 2. The molecule has 0 saturated carbocycles. The minimum absolute atomic E-state index is 0.0740. The topological polar surface area (TPSA) is 49.4 Å². The molecule has 3 aromatic rings. The van der Waals surface area contributed by atoms with E-state index in [0.717, 1.165) is 16.7 Å². The van der Waals surface area contributed by atoms with Crippen LogP contribution >= 0.6 is 23.2 Å². The zero-order valence-electron chi connectivity index (χ0n) is 20.4. The van der Waals surface area contributed by atoms with E-state index in [0.29, 0.717) is 41.0 Å². The molecule has 6 heteroatoms. The van der Waals surface area contributed by atoms with Gasteiger partial charge in [0.15, 0.2) is 0 Å². The van der Waals surface area contributed by atoms with E-state index in [1.807, 2.05) is 75.4 Å². The lowest BCUT2D eigenvalue weighted by Crippen LogP contribution is -2.51. The van der Waals surface area contributed by atoms with Crippen LogP contribution in [-0.2, 0) is 29.0 Å². The SMILES string of the molecule is Cc1ccc(CN(C(=O)Cc2ccc(Cl)cc2Cl)[C@H](Cc2ccccc2)C(=O)NCC(C)C)cc1. The third kappa shape index (κ3) is 8.12. The highest BCUT2D eigenvalue weighted by molar-refractivity contribution is 6.35. The minimum atomic E-state index is -0.670. The molecular formula is C29H32Cl2N2O2. The summed E-state index contributed by atoms with van der Waals surface area (Å²) in [6.45, 7) is 6.97. The Morgan fingerprint density at radius 3 is 2.23 bits per heavy atom. The van der Waals surface area contributed by atoms with Crippen molar-refractivity contribution in [2.45, 2.75) is 46.2 Å². The van der Waals surface area contributed by atoms with Gasteiger partial charge in [-0.15, -0.1) is 0 Å². The molecule has 0 bridgehead atoms. The van der Waals surface area contributed by atoms with Crippen LogP contribution in [-0.4, -0.2) is 29.3 Å². The van der Waals surface area contributed by atoms with Crippen LogP contribution in [0.15, 0.2) is 72.8 Å². The lowest BCUT2D eigenvalue weighted by Gasteiger charge is -2.32. The Bertz CT molecular complexity index is 1130. The van der Waals surface area contributed by atoms with Crippen LogP contribution in [0.2, 0.25) is 10.0 Å². The highest BCUT2D eigenvalue weighted by Crippen LogP contribution is 2.23. The van der Waals surface area contributed by atoms with Crippen molar-refractivity contribution in [2.75, 3.05) is 6.54 Å². The first-order chi connectivity index (χ1) is 16.7. The molecule has 0 aromatic heterocycles. The van der Waals surface area contributed by atoms with Crippen LogP contribution in [0, 0.1) is 12.8 Å². The van der Waals surface area contributed by atoms with Crippen molar-refractivity contribution in [1.29, 1.82) is 0 Å². The van der Waals surface area contributed by atoms with Crippen LogP contribution in [0.1, 0.15) is 36.1 Å². The van der Waals surface area contributed by atoms with Gasteiger partial charge in [0.2, 0.25) is 11.8 Å². The molecule has 0 aliphatic rings. The largest absolute Gasteiger partial charge is 0.354 e. The number of hydrogen-bond donors (Lipinski definition) is 1. The molecule has 0 fully saturated rings. The first kappa shape index (κ1) is 26.8. The first-order valence-electron chi connectivity index (χ1n) is 11.8. The van der Waals surface area contributed by atoms with Crippen LogP contribution in [0.5, 0.6) is 0 Å². The van der Waals surface area contributed by atoms with E-state index in [9.17, 15) is 9.59 Å². The molecule has 35 heavy (non-hydrogen) atoms. The van der Waals surface area contributed by atoms with Crippen molar-refractivity contribution in [3.05, 3.63) is 105 Å². The molecule has 1 N–H and O–H groups in total. The van der Waals surface area contributed by atoms with Crippen molar-refractivity contribution < 1.29 is 9.59 Å². The Hall–Kier alpha value is -2.82. The lowest BCUT2D eigenvalue weighted by molar-refractivity contribution is -0.140. The Morgan fingerprint density at radius 1 is 0.914 bits per heavy atom. The second-order valence-corrected chi connectivity index (χ2v) is 10.1. The number of benzene rings is 3. The summed E-state index contributed by atoms with van der Waals surface area (Å²) >= 11 is 12.4. The molecule has 1 atom stereocenters. The summed E-state index contributed by atoms with van der Waals surface area (Å²) in [7, 11) is 0. The summed E-state index contributed by atoms with van der Waals surface area (Å²) in [6, 6.07) is 22.2. The Labute approximate surface area is 218 Å². The highest BCUT2D eigenvalue weighted by atomic mass is 35.5. The van der Waals surface area contributed by atoms with Gasteiger partial charge in [0.05, 0.1) is 6.42 Å². The smallest absolute Gasteiger partial charge is 0.243 e. The molecule has 184 valence electrons. The summed E-state index contributed by atoms with van der Waals surface area (Å²) < 4.78 is 0. The predicted molar refractivity (Wildman–Crippen MR) is 144 cm³/mol. The molecule has 0 aliphatic carbocycles. The molecule has 3 rings (SSSR count). The number of amides is 2. The molecule has 0 unspecified atom stereocenters. The average molecular weight is 511 g/mol.